The largest absolute Gasteiger partial charge is 0.478 e. The summed E-state index contributed by atoms with van der Waals surface area (Å²) in [7, 11) is 0. The van der Waals surface area contributed by atoms with Crippen LogP contribution in [-0.4, -0.2) is 21.0 Å². The molecule has 0 unspecified atom stereocenters. The number of aromatic nitrogens is 2. The molecule has 0 saturated heterocycles. The Morgan fingerprint density at radius 2 is 2.22 bits per heavy atom. The van der Waals surface area contributed by atoms with Crippen LogP contribution in [-0.2, 0) is 0 Å². The standard InChI is InChI=1S/C12H11N3O3/c1-7-10(6-13-12(18)14-7)15-9-4-2-3-8(5-9)11(16)17/h2-6,15H,1H3,(H,16,17)(H,13,14,18). The van der Waals surface area contributed by atoms with E-state index in [1.807, 2.05) is 0 Å². The zero-order chi connectivity index (χ0) is 13.1. The molecular formula is C12H11N3O3. The first-order chi connectivity index (χ1) is 8.56. The number of aryl methyl sites for hydroxylation is 1. The predicted octanol–water partition coefficient (Wildman–Crippen LogP) is 1.52. The number of nitrogens with one attached hydrogen (secondary N) is 2. The Balaban J connectivity index is 2.31. The fraction of sp³-hybridized carbons (Fsp3) is 0.0833. The lowest BCUT2D eigenvalue weighted by atomic mass is 10.2. The van der Waals surface area contributed by atoms with Gasteiger partial charge in [0.1, 0.15) is 0 Å². The summed E-state index contributed by atoms with van der Waals surface area (Å²) >= 11 is 0. The van der Waals surface area contributed by atoms with Gasteiger partial charge in [0.05, 0.1) is 17.4 Å². The first-order valence-electron chi connectivity index (χ1n) is 5.22. The van der Waals surface area contributed by atoms with E-state index < -0.39 is 11.7 Å². The maximum absolute atomic E-state index is 11.0. The average Bonchev–Trinajstić information content (AvgIpc) is 2.33. The minimum absolute atomic E-state index is 0.190. The fourth-order valence-electron chi connectivity index (χ4n) is 1.49. The number of aromatic amines is 1. The molecule has 2 rings (SSSR count). The fourth-order valence-corrected chi connectivity index (χ4v) is 1.49. The van der Waals surface area contributed by atoms with Crippen LogP contribution in [0.25, 0.3) is 0 Å². The number of hydrogen-bond donors (Lipinski definition) is 3. The molecule has 0 saturated carbocycles. The number of H-pyrrole nitrogens is 1. The van der Waals surface area contributed by atoms with E-state index in [0.29, 0.717) is 17.1 Å². The first kappa shape index (κ1) is 11.8. The number of benzene rings is 1. The van der Waals surface area contributed by atoms with Crippen LogP contribution in [0.3, 0.4) is 0 Å². The van der Waals surface area contributed by atoms with Gasteiger partial charge >= 0.3 is 11.7 Å². The molecular weight excluding hydrogens is 234 g/mol. The normalized spacial score (nSPS) is 10.1. The summed E-state index contributed by atoms with van der Waals surface area (Å²) in [5.41, 5.74) is 1.65. The Hall–Kier alpha value is -2.63. The second-order valence-electron chi connectivity index (χ2n) is 3.74. The molecule has 1 aromatic carbocycles. The lowest BCUT2D eigenvalue weighted by molar-refractivity contribution is 0.0697. The summed E-state index contributed by atoms with van der Waals surface area (Å²) in [6.45, 7) is 1.73. The zero-order valence-electron chi connectivity index (χ0n) is 9.60. The van der Waals surface area contributed by atoms with Crippen LogP contribution in [0, 0.1) is 6.92 Å². The van der Waals surface area contributed by atoms with E-state index in [4.69, 9.17) is 5.11 Å². The van der Waals surface area contributed by atoms with Crippen LogP contribution in [0.5, 0.6) is 0 Å². The summed E-state index contributed by atoms with van der Waals surface area (Å²) in [5, 5.41) is 11.9. The molecule has 18 heavy (non-hydrogen) atoms. The summed E-state index contributed by atoms with van der Waals surface area (Å²) in [5.74, 6) is -0.991. The molecule has 6 nitrogen and oxygen atoms in total. The number of anilines is 2. The Labute approximate surface area is 102 Å². The second kappa shape index (κ2) is 4.70. The average molecular weight is 245 g/mol. The van der Waals surface area contributed by atoms with Crippen LogP contribution in [0.15, 0.2) is 35.3 Å². The lowest BCUT2D eigenvalue weighted by Gasteiger charge is -2.08. The van der Waals surface area contributed by atoms with Crippen molar-refractivity contribution in [2.75, 3.05) is 5.32 Å². The molecule has 0 amide bonds. The van der Waals surface area contributed by atoms with Gasteiger partial charge in [0.2, 0.25) is 0 Å². The van der Waals surface area contributed by atoms with Crippen molar-refractivity contribution in [3.63, 3.8) is 0 Å². The van der Waals surface area contributed by atoms with Crippen molar-refractivity contribution in [2.45, 2.75) is 6.92 Å². The Bertz CT molecular complexity index is 649. The number of aromatic carboxylic acids is 1. The highest BCUT2D eigenvalue weighted by atomic mass is 16.4. The van der Waals surface area contributed by atoms with E-state index in [9.17, 15) is 9.59 Å². The zero-order valence-corrected chi connectivity index (χ0v) is 9.60. The van der Waals surface area contributed by atoms with E-state index in [2.05, 4.69) is 15.3 Å². The molecule has 0 aliphatic rings. The molecule has 3 N–H and O–H groups in total. The molecule has 92 valence electrons. The van der Waals surface area contributed by atoms with Crippen LogP contribution >= 0.6 is 0 Å². The number of hydrogen-bond acceptors (Lipinski definition) is 4. The quantitative estimate of drug-likeness (QED) is 0.762. The van der Waals surface area contributed by atoms with Crippen LogP contribution < -0.4 is 11.0 Å². The van der Waals surface area contributed by atoms with Crippen LogP contribution in [0.1, 0.15) is 16.1 Å². The molecule has 0 atom stereocenters. The van der Waals surface area contributed by atoms with Crippen molar-refractivity contribution in [3.05, 3.63) is 52.2 Å². The minimum Gasteiger partial charge on any atom is -0.478 e. The van der Waals surface area contributed by atoms with Gasteiger partial charge in [0.15, 0.2) is 0 Å². The molecule has 0 aliphatic heterocycles. The number of rotatable bonds is 3. The van der Waals surface area contributed by atoms with E-state index in [1.165, 1.54) is 18.3 Å². The Morgan fingerprint density at radius 1 is 1.44 bits per heavy atom. The molecule has 2 aromatic rings. The number of carboxylic acid groups (broad SMARTS) is 1. The summed E-state index contributed by atoms with van der Waals surface area (Å²) < 4.78 is 0. The molecule has 1 heterocycles. The van der Waals surface area contributed by atoms with Crippen molar-refractivity contribution < 1.29 is 9.90 Å². The summed E-state index contributed by atoms with van der Waals surface area (Å²) in [4.78, 5) is 28.0. The molecule has 0 bridgehead atoms. The van der Waals surface area contributed by atoms with Gasteiger partial charge in [0.25, 0.3) is 0 Å². The number of carbonyl (C=O) groups is 1. The highest BCUT2D eigenvalue weighted by Crippen LogP contribution is 2.18. The van der Waals surface area contributed by atoms with Gasteiger partial charge in [-0.05, 0) is 25.1 Å². The van der Waals surface area contributed by atoms with E-state index in [1.54, 1.807) is 19.1 Å². The highest BCUT2D eigenvalue weighted by molar-refractivity contribution is 5.89. The maximum atomic E-state index is 11.0. The van der Waals surface area contributed by atoms with E-state index >= 15 is 0 Å². The van der Waals surface area contributed by atoms with Gasteiger partial charge in [-0.1, -0.05) is 6.07 Å². The summed E-state index contributed by atoms with van der Waals surface area (Å²) in [6, 6.07) is 6.38. The van der Waals surface area contributed by atoms with Crippen LogP contribution in [0.2, 0.25) is 0 Å². The van der Waals surface area contributed by atoms with Crippen molar-refractivity contribution in [2.24, 2.45) is 0 Å². The van der Waals surface area contributed by atoms with Crippen molar-refractivity contribution in [1.82, 2.24) is 9.97 Å². The van der Waals surface area contributed by atoms with Gasteiger partial charge in [-0.3, -0.25) is 0 Å². The smallest absolute Gasteiger partial charge is 0.345 e. The van der Waals surface area contributed by atoms with Gasteiger partial charge in [0, 0.05) is 11.4 Å². The SMILES string of the molecule is Cc1[nH]c(=O)ncc1Nc1cccc(C(=O)O)c1. The van der Waals surface area contributed by atoms with E-state index in [-0.39, 0.29) is 5.56 Å². The van der Waals surface area contributed by atoms with Gasteiger partial charge in [-0.15, -0.1) is 0 Å². The predicted molar refractivity (Wildman–Crippen MR) is 66.3 cm³/mol. The molecule has 0 radical (unpaired) electrons. The molecule has 0 aliphatic carbocycles. The first-order valence-corrected chi connectivity index (χ1v) is 5.22. The number of nitrogens with zero attached hydrogens (tertiary/aromatic N) is 1. The minimum atomic E-state index is -0.991. The molecule has 0 fully saturated rings. The van der Waals surface area contributed by atoms with Gasteiger partial charge < -0.3 is 15.4 Å². The number of carboxylic acids is 1. The van der Waals surface area contributed by atoms with Crippen molar-refractivity contribution in [1.29, 1.82) is 0 Å². The van der Waals surface area contributed by atoms with Gasteiger partial charge in [-0.25, -0.2) is 9.59 Å². The third-order valence-corrected chi connectivity index (χ3v) is 2.40. The van der Waals surface area contributed by atoms with E-state index in [0.717, 1.165) is 0 Å². The van der Waals surface area contributed by atoms with Gasteiger partial charge in [-0.2, -0.15) is 4.98 Å². The van der Waals surface area contributed by atoms with Crippen molar-refractivity contribution in [3.8, 4) is 0 Å². The van der Waals surface area contributed by atoms with Crippen molar-refractivity contribution >= 4 is 17.3 Å². The third kappa shape index (κ3) is 2.54. The Kier molecular flexibility index (Phi) is 3.09. The molecule has 6 heteroatoms. The molecule has 0 spiro atoms. The highest BCUT2D eigenvalue weighted by Gasteiger charge is 2.05. The lowest BCUT2D eigenvalue weighted by Crippen LogP contribution is -2.12. The van der Waals surface area contributed by atoms with Crippen LogP contribution in [0.4, 0.5) is 11.4 Å². The Morgan fingerprint density at radius 3 is 2.89 bits per heavy atom. The second-order valence-corrected chi connectivity index (χ2v) is 3.74. The monoisotopic (exact) mass is 245 g/mol. The molecule has 1 aromatic heterocycles. The topological polar surface area (TPSA) is 95.1 Å². The maximum Gasteiger partial charge on any atom is 0.345 e. The third-order valence-electron chi connectivity index (χ3n) is 2.40. The summed E-state index contributed by atoms with van der Waals surface area (Å²) in [6.07, 6.45) is 1.40.